The van der Waals surface area contributed by atoms with Crippen molar-refractivity contribution in [2.45, 2.75) is 26.1 Å². The Balaban J connectivity index is 0.00000280. The van der Waals surface area contributed by atoms with Gasteiger partial charge in [-0.25, -0.2) is 0 Å². The first-order chi connectivity index (χ1) is 13.1. The van der Waals surface area contributed by atoms with E-state index in [1.54, 1.807) is 13.2 Å². The van der Waals surface area contributed by atoms with Gasteiger partial charge in [-0.1, -0.05) is 30.3 Å². The lowest BCUT2D eigenvalue weighted by atomic mass is 10.1. The number of halogens is 1. The first kappa shape index (κ1) is 21.9. The molecule has 2 aromatic carbocycles. The number of hydrogen-bond donors (Lipinski definition) is 1. The van der Waals surface area contributed by atoms with Gasteiger partial charge in [-0.2, -0.15) is 0 Å². The molecule has 0 spiro atoms. The first-order valence-corrected chi connectivity index (χ1v) is 9.04. The molecule has 3 rings (SSSR count). The molecule has 1 saturated heterocycles. The molecule has 1 N–H and O–H groups in total. The monoisotopic (exact) mass is 407 g/mol. The Labute approximate surface area is 171 Å². The zero-order valence-corrected chi connectivity index (χ0v) is 16.9. The second-order valence-electron chi connectivity index (χ2n) is 6.75. The highest BCUT2D eigenvalue weighted by atomic mass is 35.5. The van der Waals surface area contributed by atoms with Crippen LogP contribution in [0, 0.1) is 10.1 Å². The summed E-state index contributed by atoms with van der Waals surface area (Å²) in [5, 5.41) is 15.0. The maximum Gasteiger partial charge on any atom is 0.277 e. The third-order valence-corrected chi connectivity index (χ3v) is 4.65. The zero-order chi connectivity index (χ0) is 19.2. The second kappa shape index (κ2) is 10.3. The first-order valence-electron chi connectivity index (χ1n) is 9.04. The van der Waals surface area contributed by atoms with Crippen molar-refractivity contribution >= 4 is 18.1 Å². The molecule has 1 aliphatic heterocycles. The molecule has 7 nitrogen and oxygen atoms in total. The second-order valence-corrected chi connectivity index (χ2v) is 6.75. The predicted octanol–water partition coefficient (Wildman–Crippen LogP) is 3.40. The van der Waals surface area contributed by atoms with Gasteiger partial charge < -0.3 is 14.8 Å². The largest absolute Gasteiger partial charge is 0.493 e. The molecule has 0 unspecified atom stereocenters. The molecule has 1 heterocycles. The number of rotatable bonds is 7. The van der Waals surface area contributed by atoms with Crippen LogP contribution in [0.3, 0.4) is 0 Å². The van der Waals surface area contributed by atoms with Crippen molar-refractivity contribution in [1.82, 2.24) is 10.2 Å². The fourth-order valence-corrected chi connectivity index (χ4v) is 3.29. The molecule has 1 aliphatic rings. The van der Waals surface area contributed by atoms with E-state index in [4.69, 9.17) is 9.47 Å². The molecule has 0 amide bonds. The highest BCUT2D eigenvalue weighted by Crippen LogP contribution is 2.36. The molecule has 0 bridgehead atoms. The Hall–Kier alpha value is -2.35. The van der Waals surface area contributed by atoms with Crippen molar-refractivity contribution in [3.8, 4) is 11.5 Å². The lowest BCUT2D eigenvalue weighted by molar-refractivity contribution is -0.385. The van der Waals surface area contributed by atoms with Gasteiger partial charge >= 0.3 is 0 Å². The van der Waals surface area contributed by atoms with Crippen LogP contribution in [0.15, 0.2) is 42.5 Å². The summed E-state index contributed by atoms with van der Waals surface area (Å²) in [5.41, 5.74) is 1.68. The highest BCUT2D eigenvalue weighted by molar-refractivity contribution is 5.85. The minimum Gasteiger partial charge on any atom is -0.493 e. The van der Waals surface area contributed by atoms with E-state index in [2.05, 4.69) is 17.1 Å². The third-order valence-electron chi connectivity index (χ3n) is 4.65. The molecule has 0 radical (unpaired) electrons. The van der Waals surface area contributed by atoms with E-state index in [9.17, 15) is 10.1 Å². The minimum absolute atomic E-state index is 0. The summed E-state index contributed by atoms with van der Waals surface area (Å²) in [5.74, 6) is 0.889. The molecule has 0 aromatic heterocycles. The van der Waals surface area contributed by atoms with Crippen LogP contribution in [0.25, 0.3) is 0 Å². The molecule has 0 aliphatic carbocycles. The maximum atomic E-state index is 11.6. The van der Waals surface area contributed by atoms with Crippen LogP contribution in [0.5, 0.6) is 11.5 Å². The number of methoxy groups -OCH3 is 1. The Morgan fingerprint density at radius 3 is 2.64 bits per heavy atom. The lowest BCUT2D eigenvalue weighted by Crippen LogP contribution is -2.48. The fourth-order valence-electron chi connectivity index (χ4n) is 3.29. The normalized spacial score (nSPS) is 16.9. The van der Waals surface area contributed by atoms with Gasteiger partial charge in [0.15, 0.2) is 11.5 Å². The minimum atomic E-state index is -0.351. The van der Waals surface area contributed by atoms with Gasteiger partial charge in [-0.3, -0.25) is 15.0 Å². The van der Waals surface area contributed by atoms with Crippen molar-refractivity contribution in [2.24, 2.45) is 0 Å². The van der Waals surface area contributed by atoms with E-state index in [1.807, 2.05) is 30.3 Å². The van der Waals surface area contributed by atoms with Crippen LogP contribution in [0.4, 0.5) is 5.69 Å². The zero-order valence-electron chi connectivity index (χ0n) is 16.1. The summed E-state index contributed by atoms with van der Waals surface area (Å²) in [4.78, 5) is 13.5. The number of ether oxygens (including phenoxy) is 2. The number of piperazine rings is 1. The van der Waals surface area contributed by atoms with E-state index < -0.39 is 0 Å². The predicted molar refractivity (Wildman–Crippen MR) is 110 cm³/mol. The van der Waals surface area contributed by atoms with Crippen molar-refractivity contribution in [1.29, 1.82) is 0 Å². The number of benzene rings is 2. The molecule has 8 heteroatoms. The van der Waals surface area contributed by atoms with Gasteiger partial charge in [-0.05, 0) is 18.6 Å². The smallest absolute Gasteiger partial charge is 0.277 e. The van der Waals surface area contributed by atoms with Crippen LogP contribution < -0.4 is 14.8 Å². The Kier molecular flexibility index (Phi) is 8.04. The summed E-state index contributed by atoms with van der Waals surface area (Å²) in [6.45, 7) is 5.54. The number of nitrogens with zero attached hydrogens (tertiary/aromatic N) is 2. The molecule has 2 aromatic rings. The molecule has 152 valence electrons. The van der Waals surface area contributed by atoms with Crippen molar-refractivity contribution in [2.75, 3.05) is 26.7 Å². The fraction of sp³-hybridized carbons (Fsp3) is 0.400. The summed E-state index contributed by atoms with van der Waals surface area (Å²) >= 11 is 0. The maximum absolute atomic E-state index is 11.6. The van der Waals surface area contributed by atoms with Gasteiger partial charge in [0.2, 0.25) is 0 Å². The van der Waals surface area contributed by atoms with Crippen LogP contribution >= 0.6 is 12.4 Å². The number of nitro groups is 1. The van der Waals surface area contributed by atoms with Gasteiger partial charge in [0.25, 0.3) is 5.69 Å². The van der Waals surface area contributed by atoms with Crippen LogP contribution in [0.1, 0.15) is 18.1 Å². The molecular formula is C20H26ClN3O4. The summed E-state index contributed by atoms with van der Waals surface area (Å²) in [6, 6.07) is 13.2. The molecule has 1 fully saturated rings. The van der Waals surface area contributed by atoms with E-state index >= 15 is 0 Å². The summed E-state index contributed by atoms with van der Waals surface area (Å²) < 4.78 is 11.3. The summed E-state index contributed by atoms with van der Waals surface area (Å²) in [7, 11) is 1.55. The molecular weight excluding hydrogens is 382 g/mol. The topological polar surface area (TPSA) is 76.9 Å². The van der Waals surface area contributed by atoms with Crippen molar-refractivity contribution < 1.29 is 14.4 Å². The number of nitro benzene ring substituents is 1. The Bertz CT molecular complexity index is 789. The quantitative estimate of drug-likeness (QED) is 0.560. The van der Waals surface area contributed by atoms with Crippen molar-refractivity contribution in [3.63, 3.8) is 0 Å². The van der Waals surface area contributed by atoms with E-state index in [0.717, 1.165) is 25.2 Å². The molecule has 0 saturated carbocycles. The third kappa shape index (κ3) is 5.58. The van der Waals surface area contributed by atoms with E-state index in [1.165, 1.54) is 6.07 Å². The average molecular weight is 408 g/mol. The lowest BCUT2D eigenvalue weighted by Gasteiger charge is -2.31. The van der Waals surface area contributed by atoms with Gasteiger partial charge in [0, 0.05) is 37.8 Å². The van der Waals surface area contributed by atoms with Crippen LogP contribution in [0.2, 0.25) is 0 Å². The summed E-state index contributed by atoms with van der Waals surface area (Å²) in [6.07, 6.45) is 0. The number of nitrogens with one attached hydrogen (secondary N) is 1. The van der Waals surface area contributed by atoms with E-state index in [-0.39, 0.29) is 23.0 Å². The SMILES string of the molecule is COc1cc(CN2CCN[C@H](C)C2)c([N+](=O)[O-])cc1OCc1ccccc1.Cl. The standard InChI is InChI=1S/C20H25N3O4.ClH/c1-15-12-22(9-8-21-15)13-17-10-19(26-2)20(11-18(17)23(24)25)27-14-16-6-4-3-5-7-16;/h3-7,10-11,15,21H,8-9,12-14H2,1-2H3;1H/t15-;/m1./s1. The van der Waals surface area contributed by atoms with Crippen LogP contribution in [-0.4, -0.2) is 42.6 Å². The van der Waals surface area contributed by atoms with Gasteiger partial charge in [0.1, 0.15) is 6.61 Å². The van der Waals surface area contributed by atoms with Crippen molar-refractivity contribution in [3.05, 3.63) is 63.7 Å². The van der Waals surface area contributed by atoms with E-state index in [0.29, 0.717) is 36.3 Å². The highest BCUT2D eigenvalue weighted by Gasteiger charge is 2.23. The number of hydrogen-bond acceptors (Lipinski definition) is 6. The molecule has 28 heavy (non-hydrogen) atoms. The Morgan fingerprint density at radius 2 is 2.00 bits per heavy atom. The molecule has 1 atom stereocenters. The average Bonchev–Trinajstić information content (AvgIpc) is 2.67. The Morgan fingerprint density at radius 1 is 1.25 bits per heavy atom. The van der Waals surface area contributed by atoms with Crippen LogP contribution in [-0.2, 0) is 13.2 Å². The van der Waals surface area contributed by atoms with Gasteiger partial charge in [0.05, 0.1) is 18.1 Å². The van der Waals surface area contributed by atoms with Gasteiger partial charge in [-0.15, -0.1) is 12.4 Å².